The van der Waals surface area contributed by atoms with Crippen molar-refractivity contribution in [1.82, 2.24) is 24.5 Å². The second-order valence-corrected chi connectivity index (χ2v) is 8.28. The first-order valence-corrected chi connectivity index (χ1v) is 11.0. The first kappa shape index (κ1) is 22.8. The number of benzene rings is 1. The molecule has 0 unspecified atom stereocenters. The van der Waals surface area contributed by atoms with Gasteiger partial charge in [-0.1, -0.05) is 42.6 Å². The van der Waals surface area contributed by atoms with Crippen LogP contribution in [0.25, 0.3) is 16.6 Å². The van der Waals surface area contributed by atoms with Crippen LogP contribution in [0.5, 0.6) is 0 Å². The van der Waals surface area contributed by atoms with E-state index in [0.29, 0.717) is 51.3 Å². The van der Waals surface area contributed by atoms with Crippen LogP contribution in [0.2, 0.25) is 10.0 Å². The quantitative estimate of drug-likeness (QED) is 0.368. The minimum absolute atomic E-state index is 0.167. The number of hydrogen-bond donors (Lipinski definition) is 3. The Hall–Kier alpha value is -3.43. The van der Waals surface area contributed by atoms with Gasteiger partial charge in [0.25, 0.3) is 5.56 Å². The van der Waals surface area contributed by atoms with Crippen molar-refractivity contribution in [3.05, 3.63) is 68.6 Å². The van der Waals surface area contributed by atoms with Crippen LogP contribution in [-0.2, 0) is 0 Å². The van der Waals surface area contributed by atoms with E-state index in [1.54, 1.807) is 37.3 Å². The van der Waals surface area contributed by atoms with E-state index < -0.39 is 6.04 Å². The fourth-order valence-electron chi connectivity index (χ4n) is 3.62. The smallest absolute Gasteiger partial charge is 0.267 e. The molecule has 0 saturated heterocycles. The van der Waals surface area contributed by atoms with Gasteiger partial charge in [0.1, 0.15) is 28.3 Å². The zero-order chi connectivity index (χ0) is 23.7. The number of hydrogen-bond acceptors (Lipinski definition) is 8. The molecule has 0 aliphatic rings. The molecule has 9 nitrogen and oxygen atoms in total. The van der Waals surface area contributed by atoms with Crippen LogP contribution in [-0.4, -0.2) is 24.5 Å². The Balaban J connectivity index is 1.98. The number of pyridine rings is 1. The molecular weight excluding hydrogens is 463 g/mol. The molecule has 11 heteroatoms. The minimum atomic E-state index is -0.435. The van der Waals surface area contributed by atoms with E-state index >= 15 is 0 Å². The fraction of sp³-hybridized carbons (Fsp3) is 0.227. The van der Waals surface area contributed by atoms with Gasteiger partial charge in [0, 0.05) is 0 Å². The van der Waals surface area contributed by atoms with E-state index in [-0.39, 0.29) is 16.4 Å². The molecular formula is C22H22Cl2N8O. The molecule has 4 aromatic rings. The lowest BCUT2D eigenvalue weighted by Gasteiger charge is -2.23. The lowest BCUT2D eigenvalue weighted by atomic mass is 10.1. The molecule has 1 aromatic carbocycles. The molecule has 3 aromatic heterocycles. The summed E-state index contributed by atoms with van der Waals surface area (Å²) in [6, 6.07) is 8.06. The van der Waals surface area contributed by atoms with E-state index in [1.807, 2.05) is 6.92 Å². The Kier molecular flexibility index (Phi) is 6.35. The number of nitrogens with one attached hydrogen (secondary N) is 1. The van der Waals surface area contributed by atoms with Crippen molar-refractivity contribution < 1.29 is 0 Å². The van der Waals surface area contributed by atoms with E-state index in [0.717, 1.165) is 6.42 Å². The van der Waals surface area contributed by atoms with E-state index in [2.05, 4.69) is 20.3 Å². The predicted molar refractivity (Wildman–Crippen MR) is 132 cm³/mol. The van der Waals surface area contributed by atoms with Crippen molar-refractivity contribution in [3.8, 4) is 5.69 Å². The second-order valence-electron chi connectivity index (χ2n) is 7.49. The molecule has 170 valence electrons. The van der Waals surface area contributed by atoms with Gasteiger partial charge in [-0.05, 0) is 37.6 Å². The number of fused-ring (bicyclic) bond motifs is 1. The highest BCUT2D eigenvalue weighted by Gasteiger charge is 2.24. The molecule has 33 heavy (non-hydrogen) atoms. The van der Waals surface area contributed by atoms with Crippen molar-refractivity contribution >= 4 is 51.6 Å². The largest absolute Gasteiger partial charge is 0.384 e. The number of anilines is 3. The average molecular weight is 485 g/mol. The maximum Gasteiger partial charge on any atom is 0.267 e. The molecule has 5 N–H and O–H groups in total. The van der Waals surface area contributed by atoms with Crippen LogP contribution >= 0.6 is 23.2 Å². The Morgan fingerprint density at radius 1 is 1.12 bits per heavy atom. The van der Waals surface area contributed by atoms with Gasteiger partial charge in [0.05, 0.1) is 33.9 Å². The molecule has 0 radical (unpaired) electrons. The third-order valence-corrected chi connectivity index (χ3v) is 5.78. The van der Waals surface area contributed by atoms with Crippen molar-refractivity contribution in [2.45, 2.75) is 32.7 Å². The van der Waals surface area contributed by atoms with Crippen LogP contribution in [0.1, 0.15) is 37.5 Å². The van der Waals surface area contributed by atoms with Gasteiger partial charge in [0.15, 0.2) is 5.82 Å². The topological polar surface area (TPSA) is 138 Å². The summed E-state index contributed by atoms with van der Waals surface area (Å²) in [6.07, 6.45) is 2.94. The van der Waals surface area contributed by atoms with E-state index in [9.17, 15) is 4.79 Å². The highest BCUT2D eigenvalue weighted by atomic mass is 35.5. The number of aryl methyl sites for hydroxylation is 1. The van der Waals surface area contributed by atoms with Gasteiger partial charge < -0.3 is 16.8 Å². The maximum atomic E-state index is 13.7. The van der Waals surface area contributed by atoms with Crippen molar-refractivity contribution in [3.63, 3.8) is 0 Å². The number of nitrogens with zero attached hydrogens (tertiary/aromatic N) is 5. The van der Waals surface area contributed by atoms with Gasteiger partial charge in [-0.25, -0.2) is 19.9 Å². The SMILES string of the molecule is CCC[C@H](Nc1nc(C)nc(N)c1Cl)c1nc2cccc(Cl)c2c(=O)n1-c1ccc(N)nc1. The van der Waals surface area contributed by atoms with Crippen molar-refractivity contribution in [2.24, 2.45) is 0 Å². The van der Waals surface area contributed by atoms with Gasteiger partial charge in [-0.3, -0.25) is 9.36 Å². The third-order valence-electron chi connectivity index (χ3n) is 5.09. The summed E-state index contributed by atoms with van der Waals surface area (Å²) in [7, 11) is 0. The number of halogens is 2. The summed E-state index contributed by atoms with van der Waals surface area (Å²) in [5.41, 5.74) is 12.4. The summed E-state index contributed by atoms with van der Waals surface area (Å²) < 4.78 is 1.49. The molecule has 4 rings (SSSR count). The molecule has 0 saturated carbocycles. The molecule has 0 spiro atoms. The Morgan fingerprint density at radius 2 is 1.91 bits per heavy atom. The van der Waals surface area contributed by atoms with Crippen LogP contribution in [0, 0.1) is 6.92 Å². The minimum Gasteiger partial charge on any atom is -0.384 e. The van der Waals surface area contributed by atoms with Crippen LogP contribution < -0.4 is 22.3 Å². The van der Waals surface area contributed by atoms with Crippen molar-refractivity contribution in [2.75, 3.05) is 16.8 Å². The summed E-state index contributed by atoms with van der Waals surface area (Å²) in [5.74, 6) is 1.78. The number of nitrogens with two attached hydrogens (primary N) is 2. The summed E-state index contributed by atoms with van der Waals surface area (Å²) >= 11 is 12.7. The Bertz CT molecular complexity index is 1390. The van der Waals surface area contributed by atoms with E-state index in [1.165, 1.54) is 10.8 Å². The predicted octanol–water partition coefficient (Wildman–Crippen LogP) is 4.30. The highest BCUT2D eigenvalue weighted by Crippen LogP contribution is 2.31. The highest BCUT2D eigenvalue weighted by molar-refractivity contribution is 6.35. The lowest BCUT2D eigenvalue weighted by Crippen LogP contribution is -2.29. The van der Waals surface area contributed by atoms with Crippen LogP contribution in [0.3, 0.4) is 0 Å². The normalized spacial score (nSPS) is 12.1. The summed E-state index contributed by atoms with van der Waals surface area (Å²) in [5, 5.41) is 4.14. The standard InChI is InChI=1S/C22H22Cl2N8O/c1-3-5-15(30-20-18(24)19(26)28-11(2)29-20)21-31-14-7-4-6-13(23)17(14)22(33)32(21)12-8-9-16(25)27-10-12/h4,6-10,15H,3,5H2,1-2H3,(H2,25,27)(H3,26,28,29,30)/t15-/m0/s1. The van der Waals surface area contributed by atoms with Crippen molar-refractivity contribution in [1.29, 1.82) is 0 Å². The monoisotopic (exact) mass is 484 g/mol. The van der Waals surface area contributed by atoms with Crippen LogP contribution in [0.4, 0.5) is 17.5 Å². The average Bonchev–Trinajstić information content (AvgIpc) is 2.77. The molecule has 0 aliphatic carbocycles. The maximum absolute atomic E-state index is 13.7. The number of aromatic nitrogens is 5. The van der Waals surface area contributed by atoms with E-state index in [4.69, 9.17) is 39.7 Å². The van der Waals surface area contributed by atoms with Gasteiger partial charge in [-0.15, -0.1) is 0 Å². The summed E-state index contributed by atoms with van der Waals surface area (Å²) in [4.78, 5) is 31.1. The lowest BCUT2D eigenvalue weighted by molar-refractivity contribution is 0.615. The molecule has 0 amide bonds. The van der Waals surface area contributed by atoms with Gasteiger partial charge in [0.2, 0.25) is 0 Å². The number of nitrogen functional groups attached to an aromatic ring is 2. The van der Waals surface area contributed by atoms with Gasteiger partial charge >= 0.3 is 0 Å². The summed E-state index contributed by atoms with van der Waals surface area (Å²) in [6.45, 7) is 3.75. The number of rotatable bonds is 6. The second kappa shape index (κ2) is 9.21. The fourth-order valence-corrected chi connectivity index (χ4v) is 4.01. The first-order valence-electron chi connectivity index (χ1n) is 10.3. The zero-order valence-corrected chi connectivity index (χ0v) is 19.5. The first-order chi connectivity index (χ1) is 15.8. The Morgan fingerprint density at radius 3 is 2.61 bits per heavy atom. The molecule has 0 aliphatic heterocycles. The molecule has 3 heterocycles. The third kappa shape index (κ3) is 4.42. The molecule has 0 bridgehead atoms. The van der Waals surface area contributed by atoms with Crippen LogP contribution in [0.15, 0.2) is 41.3 Å². The van der Waals surface area contributed by atoms with Gasteiger partial charge in [-0.2, -0.15) is 0 Å². The molecule has 0 fully saturated rings. The Labute approximate surface area is 199 Å². The zero-order valence-electron chi connectivity index (χ0n) is 18.0. The molecule has 1 atom stereocenters.